The number of carboxylic acid groups (broad SMARTS) is 1. The summed E-state index contributed by atoms with van der Waals surface area (Å²) in [6, 6.07) is 0.813. The third-order valence-electron chi connectivity index (χ3n) is 2.12. The average Bonchev–Trinajstić information content (AvgIpc) is 2.21. The lowest BCUT2D eigenvalue weighted by Crippen LogP contribution is -2.39. The molecule has 100 valence electrons. The summed E-state index contributed by atoms with van der Waals surface area (Å²) in [5, 5.41) is 22.9. The molecule has 0 aromatic heterocycles. The van der Waals surface area contributed by atoms with Gasteiger partial charge in [0.15, 0.2) is 0 Å². The number of hydrogen-bond acceptors (Lipinski definition) is 4. The Balaban J connectivity index is 4.77. The van der Waals surface area contributed by atoms with Crippen molar-refractivity contribution in [1.82, 2.24) is 10.6 Å². The molecule has 0 aliphatic carbocycles. The number of hydrogen-bond donors (Lipinski definition) is 3. The molecule has 18 heavy (non-hydrogen) atoms. The van der Waals surface area contributed by atoms with E-state index in [0.29, 0.717) is 0 Å². The molecule has 0 heterocycles. The average molecular weight is 253 g/mol. The number of amides is 1. The van der Waals surface area contributed by atoms with Crippen LogP contribution in [-0.2, 0) is 9.59 Å². The second-order valence-corrected chi connectivity index (χ2v) is 4.52. The number of aliphatic carboxylic acids is 1. The second-order valence-electron chi connectivity index (χ2n) is 4.52. The van der Waals surface area contributed by atoms with Crippen LogP contribution in [0.4, 0.5) is 0 Å². The molecule has 0 fully saturated rings. The smallest absolute Gasteiger partial charge is 0.326 e. The Labute approximate surface area is 107 Å². The number of carboxylic acids is 1. The number of carbonyl (C=O) groups is 2. The molecule has 0 aliphatic rings. The first-order valence-corrected chi connectivity index (χ1v) is 5.69. The van der Waals surface area contributed by atoms with Gasteiger partial charge >= 0.3 is 5.97 Å². The maximum Gasteiger partial charge on any atom is 0.326 e. The molecule has 0 rings (SSSR count). The van der Waals surface area contributed by atoms with E-state index in [1.54, 1.807) is 33.8 Å². The molecule has 0 bridgehead atoms. The van der Waals surface area contributed by atoms with Crippen molar-refractivity contribution in [3.63, 3.8) is 0 Å². The Kier molecular flexibility index (Phi) is 6.50. The van der Waals surface area contributed by atoms with E-state index in [1.807, 2.05) is 0 Å². The fourth-order valence-corrected chi connectivity index (χ4v) is 1.21. The molecule has 0 spiro atoms. The molecule has 0 aromatic rings. The summed E-state index contributed by atoms with van der Waals surface area (Å²) in [7, 11) is 0. The van der Waals surface area contributed by atoms with Gasteiger partial charge in [0.2, 0.25) is 0 Å². The van der Waals surface area contributed by atoms with E-state index in [9.17, 15) is 9.59 Å². The van der Waals surface area contributed by atoms with Crippen molar-refractivity contribution in [2.45, 2.75) is 39.8 Å². The van der Waals surface area contributed by atoms with Gasteiger partial charge in [0.05, 0.1) is 0 Å². The Morgan fingerprint density at radius 2 is 1.83 bits per heavy atom. The maximum absolute atomic E-state index is 11.5. The highest BCUT2D eigenvalue weighted by atomic mass is 16.4. The third-order valence-corrected chi connectivity index (χ3v) is 2.12. The van der Waals surface area contributed by atoms with Crippen molar-refractivity contribution in [1.29, 1.82) is 5.26 Å². The summed E-state index contributed by atoms with van der Waals surface area (Å²) in [6.45, 7) is 7.02. The van der Waals surface area contributed by atoms with Crippen LogP contribution < -0.4 is 10.6 Å². The molecule has 3 N–H and O–H groups in total. The number of nitriles is 1. The summed E-state index contributed by atoms with van der Waals surface area (Å²) in [5.74, 6) is -1.71. The molecule has 0 aliphatic heterocycles. The monoisotopic (exact) mass is 253 g/mol. The van der Waals surface area contributed by atoms with Crippen LogP contribution in [0.25, 0.3) is 0 Å². The first kappa shape index (κ1) is 16.0. The molecule has 0 aromatic carbocycles. The van der Waals surface area contributed by atoms with Gasteiger partial charge in [-0.05, 0) is 19.8 Å². The van der Waals surface area contributed by atoms with Crippen LogP contribution in [0.5, 0.6) is 0 Å². The van der Waals surface area contributed by atoms with Crippen LogP contribution in [0.15, 0.2) is 11.8 Å². The zero-order valence-electron chi connectivity index (χ0n) is 11.0. The van der Waals surface area contributed by atoms with Crippen molar-refractivity contribution in [3.8, 4) is 6.07 Å². The summed E-state index contributed by atoms with van der Waals surface area (Å²) in [6.07, 6.45) is 1.15. The Hall–Kier alpha value is -2.03. The van der Waals surface area contributed by atoms with Crippen LogP contribution in [-0.4, -0.2) is 29.1 Å². The van der Waals surface area contributed by atoms with Crippen LogP contribution in [0, 0.1) is 17.2 Å². The van der Waals surface area contributed by atoms with Gasteiger partial charge in [0, 0.05) is 12.2 Å². The summed E-state index contributed by atoms with van der Waals surface area (Å²) >= 11 is 0. The number of carbonyl (C=O) groups excluding carboxylic acids is 1. The van der Waals surface area contributed by atoms with Gasteiger partial charge in [-0.3, -0.25) is 4.79 Å². The minimum Gasteiger partial charge on any atom is -0.480 e. The van der Waals surface area contributed by atoms with E-state index in [0.717, 1.165) is 6.20 Å². The highest BCUT2D eigenvalue weighted by Gasteiger charge is 2.20. The number of nitrogens with one attached hydrogen (secondary N) is 2. The highest BCUT2D eigenvalue weighted by molar-refractivity contribution is 5.97. The Morgan fingerprint density at radius 3 is 2.17 bits per heavy atom. The van der Waals surface area contributed by atoms with Crippen molar-refractivity contribution in [3.05, 3.63) is 11.8 Å². The fraction of sp³-hybridized carbons (Fsp3) is 0.583. The lowest BCUT2D eigenvalue weighted by Gasteiger charge is -2.16. The van der Waals surface area contributed by atoms with Crippen LogP contribution in [0.2, 0.25) is 0 Å². The molecule has 0 saturated carbocycles. The SMILES string of the molecule is CC(C)NC(=O)/C(C#N)=C\NC(C(=O)O)C(C)C. The topological polar surface area (TPSA) is 102 Å². The number of rotatable bonds is 6. The second kappa shape index (κ2) is 7.33. The van der Waals surface area contributed by atoms with Gasteiger partial charge in [-0.25, -0.2) is 4.79 Å². The minimum atomic E-state index is -1.03. The standard InChI is InChI=1S/C12H19N3O3/c1-7(2)10(12(17)18)14-6-9(5-13)11(16)15-8(3)4/h6-8,10,14H,1-4H3,(H,15,16)(H,17,18)/b9-6-. The third kappa shape index (κ3) is 5.34. The maximum atomic E-state index is 11.5. The van der Waals surface area contributed by atoms with E-state index in [1.165, 1.54) is 0 Å². The van der Waals surface area contributed by atoms with E-state index >= 15 is 0 Å². The summed E-state index contributed by atoms with van der Waals surface area (Å²) in [4.78, 5) is 22.5. The molecule has 1 atom stereocenters. The van der Waals surface area contributed by atoms with Crippen LogP contribution in [0.1, 0.15) is 27.7 Å². The summed E-state index contributed by atoms with van der Waals surface area (Å²) < 4.78 is 0. The molecule has 1 unspecified atom stereocenters. The van der Waals surface area contributed by atoms with E-state index in [4.69, 9.17) is 10.4 Å². The van der Waals surface area contributed by atoms with E-state index in [-0.39, 0.29) is 17.5 Å². The lowest BCUT2D eigenvalue weighted by molar-refractivity contribution is -0.140. The normalized spacial score (nSPS) is 13.1. The predicted molar refractivity (Wildman–Crippen MR) is 66.4 cm³/mol. The van der Waals surface area contributed by atoms with Crippen molar-refractivity contribution in [2.75, 3.05) is 0 Å². The molecular weight excluding hydrogens is 234 g/mol. The highest BCUT2D eigenvalue weighted by Crippen LogP contribution is 2.02. The Morgan fingerprint density at radius 1 is 1.28 bits per heavy atom. The molecular formula is C12H19N3O3. The van der Waals surface area contributed by atoms with Gasteiger partial charge in [0.25, 0.3) is 5.91 Å². The van der Waals surface area contributed by atoms with Gasteiger partial charge in [0.1, 0.15) is 17.7 Å². The number of nitrogens with zero attached hydrogens (tertiary/aromatic N) is 1. The van der Waals surface area contributed by atoms with Gasteiger partial charge in [-0.15, -0.1) is 0 Å². The van der Waals surface area contributed by atoms with Gasteiger partial charge < -0.3 is 15.7 Å². The fourth-order valence-electron chi connectivity index (χ4n) is 1.21. The quantitative estimate of drug-likeness (QED) is 0.475. The molecule has 0 radical (unpaired) electrons. The largest absolute Gasteiger partial charge is 0.480 e. The molecule has 6 heteroatoms. The first-order valence-electron chi connectivity index (χ1n) is 5.69. The zero-order chi connectivity index (χ0) is 14.3. The molecule has 0 saturated heterocycles. The van der Waals surface area contributed by atoms with Crippen molar-refractivity contribution in [2.24, 2.45) is 5.92 Å². The molecule has 6 nitrogen and oxygen atoms in total. The van der Waals surface area contributed by atoms with Crippen molar-refractivity contribution >= 4 is 11.9 Å². The first-order chi connectivity index (χ1) is 8.29. The zero-order valence-corrected chi connectivity index (χ0v) is 11.0. The van der Waals surface area contributed by atoms with Crippen LogP contribution in [0.3, 0.4) is 0 Å². The van der Waals surface area contributed by atoms with Gasteiger partial charge in [-0.1, -0.05) is 13.8 Å². The van der Waals surface area contributed by atoms with E-state index < -0.39 is 17.9 Å². The van der Waals surface area contributed by atoms with Crippen LogP contribution >= 0.6 is 0 Å². The summed E-state index contributed by atoms with van der Waals surface area (Å²) in [5.41, 5.74) is -0.143. The Bertz CT molecular complexity index is 381. The van der Waals surface area contributed by atoms with E-state index in [2.05, 4.69) is 10.6 Å². The molecule has 1 amide bonds. The van der Waals surface area contributed by atoms with Crippen molar-refractivity contribution < 1.29 is 14.7 Å². The van der Waals surface area contributed by atoms with Gasteiger partial charge in [-0.2, -0.15) is 5.26 Å². The lowest BCUT2D eigenvalue weighted by atomic mass is 10.1. The predicted octanol–water partition coefficient (Wildman–Crippen LogP) is 0.617. The minimum absolute atomic E-state index is 0.0883.